The number of hydrogen-bond donors (Lipinski definition) is 1. The topological polar surface area (TPSA) is 21.3 Å². The van der Waals surface area contributed by atoms with Crippen molar-refractivity contribution < 1.29 is 4.74 Å². The minimum absolute atomic E-state index is 0.412. The Morgan fingerprint density at radius 3 is 2.82 bits per heavy atom. The Hall–Kier alpha value is -0.340. The highest BCUT2D eigenvalue weighted by atomic mass is 16.5. The average Bonchev–Trinajstić information content (AvgIpc) is 2.05. The van der Waals surface area contributed by atoms with Gasteiger partial charge in [-0.15, -0.1) is 6.58 Å². The third-order valence-corrected chi connectivity index (χ3v) is 1.57. The van der Waals surface area contributed by atoms with Crippen molar-refractivity contribution in [3.05, 3.63) is 12.7 Å². The summed E-state index contributed by atoms with van der Waals surface area (Å²) in [6.45, 7) is 7.76. The number of ether oxygens (including phenoxy) is 1. The molecule has 0 saturated heterocycles. The first-order chi connectivity index (χ1) is 5.35. The quantitative estimate of drug-likeness (QED) is 0.566. The van der Waals surface area contributed by atoms with Gasteiger partial charge in [-0.3, -0.25) is 0 Å². The normalized spacial score (nSPS) is 12.9. The molecule has 0 fully saturated rings. The molecule has 0 amide bonds. The van der Waals surface area contributed by atoms with E-state index in [-0.39, 0.29) is 0 Å². The molecule has 0 bridgehead atoms. The Kier molecular flexibility index (Phi) is 7.52. The standard InChI is InChI=1S/C9H19NO/c1-4-7-10-9(5-2)6-8-11-3/h5,9-10H,2,4,6-8H2,1,3H3. The third kappa shape index (κ3) is 6.07. The molecular weight excluding hydrogens is 138 g/mol. The van der Waals surface area contributed by atoms with Crippen molar-refractivity contribution in [3.63, 3.8) is 0 Å². The van der Waals surface area contributed by atoms with Gasteiger partial charge >= 0.3 is 0 Å². The van der Waals surface area contributed by atoms with Gasteiger partial charge in [0.05, 0.1) is 0 Å². The van der Waals surface area contributed by atoms with E-state index in [1.54, 1.807) is 7.11 Å². The van der Waals surface area contributed by atoms with Crippen molar-refractivity contribution in [2.45, 2.75) is 25.8 Å². The molecule has 1 N–H and O–H groups in total. The van der Waals surface area contributed by atoms with Crippen molar-refractivity contribution in [2.24, 2.45) is 0 Å². The first-order valence-corrected chi connectivity index (χ1v) is 4.20. The van der Waals surface area contributed by atoms with Gasteiger partial charge in [-0.2, -0.15) is 0 Å². The molecule has 0 aliphatic heterocycles. The molecule has 0 aliphatic carbocycles. The zero-order valence-corrected chi connectivity index (χ0v) is 7.60. The maximum atomic E-state index is 4.97. The van der Waals surface area contributed by atoms with E-state index in [1.807, 2.05) is 6.08 Å². The number of nitrogens with one attached hydrogen (secondary N) is 1. The van der Waals surface area contributed by atoms with Crippen LogP contribution in [0.25, 0.3) is 0 Å². The summed E-state index contributed by atoms with van der Waals surface area (Å²) in [5, 5.41) is 3.36. The van der Waals surface area contributed by atoms with E-state index in [1.165, 1.54) is 0 Å². The zero-order chi connectivity index (χ0) is 8.53. The van der Waals surface area contributed by atoms with Gasteiger partial charge in [0.2, 0.25) is 0 Å². The lowest BCUT2D eigenvalue weighted by Gasteiger charge is -2.12. The maximum Gasteiger partial charge on any atom is 0.0480 e. The van der Waals surface area contributed by atoms with Gasteiger partial charge in [0.25, 0.3) is 0 Å². The van der Waals surface area contributed by atoms with Gasteiger partial charge in [-0.05, 0) is 19.4 Å². The minimum Gasteiger partial charge on any atom is -0.385 e. The molecule has 1 unspecified atom stereocenters. The first kappa shape index (κ1) is 10.7. The summed E-state index contributed by atoms with van der Waals surface area (Å²) in [4.78, 5) is 0. The lowest BCUT2D eigenvalue weighted by Crippen LogP contribution is -2.28. The van der Waals surface area contributed by atoms with E-state index in [0.717, 1.165) is 26.0 Å². The van der Waals surface area contributed by atoms with Gasteiger partial charge < -0.3 is 10.1 Å². The van der Waals surface area contributed by atoms with Gasteiger partial charge in [0.15, 0.2) is 0 Å². The molecule has 0 spiro atoms. The molecular formula is C9H19NO. The lowest BCUT2D eigenvalue weighted by atomic mass is 10.2. The molecule has 66 valence electrons. The van der Waals surface area contributed by atoms with Crippen LogP contribution in [0, 0.1) is 0 Å². The third-order valence-electron chi connectivity index (χ3n) is 1.57. The molecule has 0 aliphatic rings. The molecule has 0 radical (unpaired) electrons. The number of rotatable bonds is 7. The smallest absolute Gasteiger partial charge is 0.0480 e. The van der Waals surface area contributed by atoms with E-state index in [4.69, 9.17) is 4.74 Å². The molecule has 0 saturated carbocycles. The van der Waals surface area contributed by atoms with Crippen LogP contribution in [0.15, 0.2) is 12.7 Å². The molecule has 0 aromatic carbocycles. The second kappa shape index (κ2) is 7.76. The number of hydrogen-bond acceptors (Lipinski definition) is 2. The summed E-state index contributed by atoms with van der Waals surface area (Å²) in [6, 6.07) is 0.412. The molecule has 0 aromatic rings. The van der Waals surface area contributed by atoms with Crippen LogP contribution in [0.3, 0.4) is 0 Å². The monoisotopic (exact) mass is 157 g/mol. The molecule has 2 nitrogen and oxygen atoms in total. The van der Waals surface area contributed by atoms with Gasteiger partial charge in [0.1, 0.15) is 0 Å². The van der Waals surface area contributed by atoms with E-state index < -0.39 is 0 Å². The first-order valence-electron chi connectivity index (χ1n) is 4.20. The van der Waals surface area contributed by atoms with Crippen molar-refractivity contribution in [1.82, 2.24) is 5.32 Å². The van der Waals surface area contributed by atoms with E-state index >= 15 is 0 Å². The molecule has 0 heterocycles. The summed E-state index contributed by atoms with van der Waals surface area (Å²) < 4.78 is 4.97. The SMILES string of the molecule is C=CC(CCOC)NCCC. The zero-order valence-electron chi connectivity index (χ0n) is 7.60. The van der Waals surface area contributed by atoms with Gasteiger partial charge in [-0.25, -0.2) is 0 Å². The average molecular weight is 157 g/mol. The minimum atomic E-state index is 0.412. The predicted octanol–water partition coefficient (Wildman–Crippen LogP) is 1.58. The van der Waals surface area contributed by atoms with E-state index in [2.05, 4.69) is 18.8 Å². The molecule has 1 atom stereocenters. The van der Waals surface area contributed by atoms with Crippen LogP contribution < -0.4 is 5.32 Å². The van der Waals surface area contributed by atoms with Gasteiger partial charge in [0, 0.05) is 19.8 Å². The molecule has 2 heteroatoms. The van der Waals surface area contributed by atoms with E-state index in [0.29, 0.717) is 6.04 Å². The van der Waals surface area contributed by atoms with Crippen LogP contribution >= 0.6 is 0 Å². The fourth-order valence-corrected chi connectivity index (χ4v) is 0.878. The van der Waals surface area contributed by atoms with Crippen LogP contribution in [-0.2, 0) is 4.74 Å². The van der Waals surface area contributed by atoms with Crippen molar-refractivity contribution in [2.75, 3.05) is 20.3 Å². The van der Waals surface area contributed by atoms with Crippen LogP contribution in [0.1, 0.15) is 19.8 Å². The summed E-state index contributed by atoms with van der Waals surface area (Å²) in [7, 11) is 1.72. The Morgan fingerprint density at radius 1 is 1.64 bits per heavy atom. The fraction of sp³-hybridized carbons (Fsp3) is 0.778. The van der Waals surface area contributed by atoms with E-state index in [9.17, 15) is 0 Å². The Bertz CT molecular complexity index is 85.6. The van der Waals surface area contributed by atoms with Crippen molar-refractivity contribution >= 4 is 0 Å². The second-order valence-electron chi connectivity index (χ2n) is 2.58. The van der Waals surface area contributed by atoms with Crippen LogP contribution in [0.5, 0.6) is 0 Å². The largest absolute Gasteiger partial charge is 0.385 e. The highest BCUT2D eigenvalue weighted by molar-refractivity contribution is 4.84. The Balaban J connectivity index is 3.33. The van der Waals surface area contributed by atoms with Crippen LogP contribution in [0.2, 0.25) is 0 Å². The number of methoxy groups -OCH3 is 1. The summed E-state index contributed by atoms with van der Waals surface area (Å²) in [5.74, 6) is 0. The maximum absolute atomic E-state index is 4.97. The van der Waals surface area contributed by atoms with Crippen molar-refractivity contribution in [3.8, 4) is 0 Å². The van der Waals surface area contributed by atoms with Gasteiger partial charge in [-0.1, -0.05) is 13.0 Å². The van der Waals surface area contributed by atoms with Crippen molar-refractivity contribution in [1.29, 1.82) is 0 Å². The fourth-order valence-electron chi connectivity index (χ4n) is 0.878. The highest BCUT2D eigenvalue weighted by Crippen LogP contribution is 1.93. The molecule has 11 heavy (non-hydrogen) atoms. The lowest BCUT2D eigenvalue weighted by molar-refractivity contribution is 0.188. The Morgan fingerprint density at radius 2 is 2.36 bits per heavy atom. The van der Waals surface area contributed by atoms with Crippen LogP contribution in [0.4, 0.5) is 0 Å². The molecule has 0 aromatic heterocycles. The summed E-state index contributed by atoms with van der Waals surface area (Å²) >= 11 is 0. The Labute approximate surface area is 69.6 Å². The predicted molar refractivity (Wildman–Crippen MR) is 48.8 cm³/mol. The second-order valence-corrected chi connectivity index (χ2v) is 2.58. The summed E-state index contributed by atoms with van der Waals surface area (Å²) in [6.07, 6.45) is 4.12. The molecule has 0 rings (SSSR count). The summed E-state index contributed by atoms with van der Waals surface area (Å²) in [5.41, 5.74) is 0. The highest BCUT2D eigenvalue weighted by Gasteiger charge is 2.00. The van der Waals surface area contributed by atoms with Crippen LogP contribution in [-0.4, -0.2) is 26.3 Å².